The highest BCUT2D eigenvalue weighted by Gasteiger charge is 2.40. The molecule has 1 aliphatic rings. The molecule has 0 fully saturated rings. The Balaban J connectivity index is 1.77. The molecule has 5 nitrogen and oxygen atoms in total. The van der Waals surface area contributed by atoms with E-state index in [1.165, 1.54) is 12.1 Å². The van der Waals surface area contributed by atoms with Crippen LogP contribution in [-0.2, 0) is 9.59 Å². The standard InChI is InChI=1S/C27H25FN2O3/c1-16(2)33-23-12-10-22(11-13-23)30-26(31)24(19-9-8-17(3)18(4)14-19)25(27(30)32)29-21-7-5-6-20(28)15-21/h5-16,29H,1-4H3. The summed E-state index contributed by atoms with van der Waals surface area (Å²) < 4.78 is 19.4. The highest BCUT2D eigenvalue weighted by Crippen LogP contribution is 2.35. The molecule has 0 aromatic heterocycles. The number of nitrogens with zero attached hydrogens (tertiary/aromatic N) is 1. The van der Waals surface area contributed by atoms with Gasteiger partial charge in [-0.1, -0.05) is 24.3 Å². The van der Waals surface area contributed by atoms with Crippen molar-refractivity contribution < 1.29 is 18.7 Å². The fourth-order valence-electron chi connectivity index (χ4n) is 3.70. The summed E-state index contributed by atoms with van der Waals surface area (Å²) in [5, 5.41) is 2.98. The molecule has 0 saturated heterocycles. The molecule has 4 rings (SSSR count). The van der Waals surface area contributed by atoms with Gasteiger partial charge in [0.05, 0.1) is 17.4 Å². The summed E-state index contributed by atoms with van der Waals surface area (Å²) in [6, 6.07) is 18.2. The molecule has 6 heteroatoms. The number of halogens is 1. The van der Waals surface area contributed by atoms with E-state index < -0.39 is 17.6 Å². The van der Waals surface area contributed by atoms with Crippen LogP contribution in [0.1, 0.15) is 30.5 Å². The molecule has 0 atom stereocenters. The second-order valence-corrected chi connectivity index (χ2v) is 8.29. The van der Waals surface area contributed by atoms with Gasteiger partial charge in [0.1, 0.15) is 17.3 Å². The summed E-state index contributed by atoms with van der Waals surface area (Å²) >= 11 is 0. The third kappa shape index (κ3) is 4.51. The molecule has 1 heterocycles. The van der Waals surface area contributed by atoms with Gasteiger partial charge in [0.2, 0.25) is 0 Å². The molecular formula is C27H25FN2O3. The van der Waals surface area contributed by atoms with Gasteiger partial charge in [0, 0.05) is 5.69 Å². The van der Waals surface area contributed by atoms with E-state index in [-0.39, 0.29) is 17.4 Å². The zero-order valence-corrected chi connectivity index (χ0v) is 19.0. The van der Waals surface area contributed by atoms with Gasteiger partial charge in [-0.3, -0.25) is 9.59 Å². The SMILES string of the molecule is Cc1ccc(C2=C(Nc3cccc(F)c3)C(=O)N(c3ccc(OC(C)C)cc3)C2=O)cc1C. The number of amides is 2. The molecule has 0 bridgehead atoms. The van der Waals surface area contributed by atoms with E-state index in [0.29, 0.717) is 22.7 Å². The summed E-state index contributed by atoms with van der Waals surface area (Å²) in [7, 11) is 0. The molecule has 1 aliphatic heterocycles. The van der Waals surface area contributed by atoms with E-state index in [2.05, 4.69) is 5.32 Å². The number of hydrogen-bond acceptors (Lipinski definition) is 4. The first kappa shape index (κ1) is 22.3. The molecule has 0 unspecified atom stereocenters. The Bertz CT molecular complexity index is 1260. The third-order valence-corrected chi connectivity index (χ3v) is 5.44. The number of benzene rings is 3. The van der Waals surface area contributed by atoms with Crippen molar-refractivity contribution in [3.05, 3.63) is 94.9 Å². The Labute approximate surface area is 192 Å². The number of imide groups is 1. The highest BCUT2D eigenvalue weighted by molar-refractivity contribution is 6.46. The van der Waals surface area contributed by atoms with Crippen molar-refractivity contribution in [2.45, 2.75) is 33.8 Å². The Hall–Kier alpha value is -3.93. The fourth-order valence-corrected chi connectivity index (χ4v) is 3.70. The summed E-state index contributed by atoms with van der Waals surface area (Å²) in [5.74, 6) is -0.745. The normalized spacial score (nSPS) is 13.8. The van der Waals surface area contributed by atoms with E-state index in [1.807, 2.05) is 45.9 Å². The third-order valence-electron chi connectivity index (χ3n) is 5.44. The lowest BCUT2D eigenvalue weighted by Gasteiger charge is -2.17. The number of ether oxygens (including phenoxy) is 1. The molecule has 3 aromatic rings. The van der Waals surface area contributed by atoms with Crippen LogP contribution in [0.15, 0.2) is 72.4 Å². The lowest BCUT2D eigenvalue weighted by atomic mass is 9.99. The summed E-state index contributed by atoms with van der Waals surface area (Å²) in [6.45, 7) is 7.77. The smallest absolute Gasteiger partial charge is 0.282 e. The molecule has 33 heavy (non-hydrogen) atoms. The second-order valence-electron chi connectivity index (χ2n) is 8.29. The van der Waals surface area contributed by atoms with Gasteiger partial charge in [-0.15, -0.1) is 0 Å². The highest BCUT2D eigenvalue weighted by atomic mass is 19.1. The van der Waals surface area contributed by atoms with Crippen LogP contribution in [0.3, 0.4) is 0 Å². The number of aryl methyl sites for hydroxylation is 2. The molecule has 0 spiro atoms. The molecule has 3 aromatic carbocycles. The molecule has 0 saturated carbocycles. The van der Waals surface area contributed by atoms with Gasteiger partial charge >= 0.3 is 0 Å². The maximum Gasteiger partial charge on any atom is 0.282 e. The lowest BCUT2D eigenvalue weighted by molar-refractivity contribution is -0.120. The van der Waals surface area contributed by atoms with Crippen molar-refractivity contribution in [2.75, 3.05) is 10.2 Å². The van der Waals surface area contributed by atoms with Crippen LogP contribution in [0.5, 0.6) is 5.75 Å². The predicted octanol–water partition coefficient (Wildman–Crippen LogP) is 5.63. The van der Waals surface area contributed by atoms with Crippen molar-refractivity contribution in [3.8, 4) is 5.75 Å². The van der Waals surface area contributed by atoms with Crippen LogP contribution in [0, 0.1) is 19.7 Å². The van der Waals surface area contributed by atoms with E-state index in [0.717, 1.165) is 16.0 Å². The minimum absolute atomic E-state index is 0.00557. The molecule has 1 N–H and O–H groups in total. The molecule has 2 amide bonds. The van der Waals surface area contributed by atoms with E-state index in [1.54, 1.807) is 36.4 Å². The van der Waals surface area contributed by atoms with Gasteiger partial charge < -0.3 is 10.1 Å². The van der Waals surface area contributed by atoms with Crippen LogP contribution in [0.4, 0.5) is 15.8 Å². The minimum Gasteiger partial charge on any atom is -0.491 e. The Morgan fingerprint density at radius 2 is 1.61 bits per heavy atom. The van der Waals surface area contributed by atoms with Gasteiger partial charge in [0.15, 0.2) is 0 Å². The Morgan fingerprint density at radius 3 is 2.24 bits per heavy atom. The van der Waals surface area contributed by atoms with Crippen LogP contribution in [0.25, 0.3) is 5.57 Å². The molecule has 168 valence electrons. The van der Waals surface area contributed by atoms with E-state index in [4.69, 9.17) is 4.74 Å². The van der Waals surface area contributed by atoms with Gasteiger partial charge in [-0.25, -0.2) is 9.29 Å². The predicted molar refractivity (Wildman–Crippen MR) is 128 cm³/mol. The number of anilines is 2. The number of hydrogen-bond donors (Lipinski definition) is 1. The maximum absolute atomic E-state index is 13.8. The first-order valence-electron chi connectivity index (χ1n) is 10.7. The number of rotatable bonds is 6. The minimum atomic E-state index is -0.505. The lowest BCUT2D eigenvalue weighted by Crippen LogP contribution is -2.32. The Morgan fingerprint density at radius 1 is 0.879 bits per heavy atom. The average Bonchev–Trinajstić information content (AvgIpc) is 3.00. The summed E-state index contributed by atoms with van der Waals surface area (Å²) in [5.41, 5.74) is 3.87. The van der Waals surface area contributed by atoms with E-state index >= 15 is 0 Å². The fraction of sp³-hybridized carbons (Fsp3) is 0.185. The molecule has 0 radical (unpaired) electrons. The Kier molecular flexibility index (Phi) is 6.01. The second kappa shape index (κ2) is 8.90. The maximum atomic E-state index is 13.8. The zero-order chi connectivity index (χ0) is 23.7. The van der Waals surface area contributed by atoms with Gasteiger partial charge in [0.25, 0.3) is 11.8 Å². The summed E-state index contributed by atoms with van der Waals surface area (Å²) in [4.78, 5) is 28.1. The average molecular weight is 445 g/mol. The monoisotopic (exact) mass is 444 g/mol. The van der Waals surface area contributed by atoms with Crippen LogP contribution in [0.2, 0.25) is 0 Å². The molecule has 0 aliphatic carbocycles. The topological polar surface area (TPSA) is 58.6 Å². The number of nitrogens with one attached hydrogen (secondary N) is 1. The van der Waals surface area contributed by atoms with Crippen molar-refractivity contribution in [2.24, 2.45) is 0 Å². The van der Waals surface area contributed by atoms with Crippen molar-refractivity contribution in [1.82, 2.24) is 0 Å². The number of carbonyl (C=O) groups is 2. The molecular weight excluding hydrogens is 419 g/mol. The van der Waals surface area contributed by atoms with Crippen molar-refractivity contribution in [1.29, 1.82) is 0 Å². The van der Waals surface area contributed by atoms with Crippen molar-refractivity contribution >= 4 is 28.8 Å². The van der Waals surface area contributed by atoms with Gasteiger partial charge in [-0.05, 0) is 86.8 Å². The van der Waals surface area contributed by atoms with Gasteiger partial charge in [-0.2, -0.15) is 0 Å². The number of carbonyl (C=O) groups excluding carboxylic acids is 2. The summed E-state index contributed by atoms with van der Waals surface area (Å²) in [6.07, 6.45) is 0.00557. The first-order valence-corrected chi connectivity index (χ1v) is 10.7. The zero-order valence-electron chi connectivity index (χ0n) is 19.0. The van der Waals surface area contributed by atoms with Crippen molar-refractivity contribution in [3.63, 3.8) is 0 Å². The largest absolute Gasteiger partial charge is 0.491 e. The van der Waals surface area contributed by atoms with E-state index in [9.17, 15) is 14.0 Å². The quantitative estimate of drug-likeness (QED) is 0.501. The first-order chi connectivity index (χ1) is 15.7. The van der Waals surface area contributed by atoms with Crippen LogP contribution >= 0.6 is 0 Å². The van der Waals surface area contributed by atoms with Crippen LogP contribution < -0.4 is 15.0 Å². The van der Waals surface area contributed by atoms with Crippen LogP contribution in [-0.4, -0.2) is 17.9 Å².